The van der Waals surface area contributed by atoms with E-state index in [0.717, 1.165) is 18.5 Å². The maximum atomic E-state index is 12.1. The summed E-state index contributed by atoms with van der Waals surface area (Å²) in [6.07, 6.45) is 1.94. The van der Waals surface area contributed by atoms with Crippen molar-refractivity contribution in [2.75, 3.05) is 17.2 Å². The van der Waals surface area contributed by atoms with Crippen LogP contribution in [-0.4, -0.2) is 18.4 Å². The van der Waals surface area contributed by atoms with E-state index in [2.05, 4.69) is 31.4 Å². The van der Waals surface area contributed by atoms with Gasteiger partial charge in [-0.3, -0.25) is 9.59 Å². The lowest BCUT2D eigenvalue weighted by molar-refractivity contribution is -0.118. The lowest BCUT2D eigenvalue weighted by atomic mass is 9.87. The molecule has 0 atom stereocenters. The zero-order valence-corrected chi connectivity index (χ0v) is 16.0. The summed E-state index contributed by atoms with van der Waals surface area (Å²) < 4.78 is 5.55. The van der Waals surface area contributed by atoms with Crippen LogP contribution in [0.15, 0.2) is 48.5 Å². The van der Waals surface area contributed by atoms with Gasteiger partial charge in [-0.25, -0.2) is 0 Å². The van der Waals surface area contributed by atoms with Crippen LogP contribution in [0.2, 0.25) is 0 Å². The van der Waals surface area contributed by atoms with Crippen molar-refractivity contribution in [3.8, 4) is 5.75 Å². The number of benzene rings is 2. The van der Waals surface area contributed by atoms with E-state index < -0.39 is 0 Å². The summed E-state index contributed by atoms with van der Waals surface area (Å²) in [5, 5.41) is 5.66. The minimum atomic E-state index is -0.232. The molecule has 1 saturated carbocycles. The molecule has 5 nitrogen and oxygen atoms in total. The molecule has 1 aliphatic carbocycles. The van der Waals surface area contributed by atoms with Crippen molar-refractivity contribution in [1.82, 2.24) is 0 Å². The van der Waals surface area contributed by atoms with E-state index in [1.165, 1.54) is 5.56 Å². The fourth-order valence-electron chi connectivity index (χ4n) is 2.62. The van der Waals surface area contributed by atoms with E-state index in [1.807, 2.05) is 24.3 Å². The molecule has 0 unspecified atom stereocenters. The monoisotopic (exact) mass is 366 g/mol. The quantitative estimate of drug-likeness (QED) is 0.799. The van der Waals surface area contributed by atoms with E-state index in [0.29, 0.717) is 11.4 Å². The average molecular weight is 366 g/mol. The largest absolute Gasteiger partial charge is 0.484 e. The molecule has 2 amide bonds. The van der Waals surface area contributed by atoms with Gasteiger partial charge in [0.2, 0.25) is 5.91 Å². The second-order valence-electron chi connectivity index (χ2n) is 7.95. The third-order valence-corrected chi connectivity index (χ3v) is 4.47. The Hall–Kier alpha value is -2.82. The summed E-state index contributed by atoms with van der Waals surface area (Å²) >= 11 is 0. The molecule has 2 aromatic carbocycles. The molecule has 0 radical (unpaired) electrons. The zero-order valence-electron chi connectivity index (χ0n) is 16.0. The van der Waals surface area contributed by atoms with E-state index in [4.69, 9.17) is 4.74 Å². The molecule has 0 aliphatic heterocycles. The van der Waals surface area contributed by atoms with Crippen LogP contribution in [0, 0.1) is 5.92 Å². The van der Waals surface area contributed by atoms with Crippen LogP contribution in [-0.2, 0) is 15.0 Å². The molecule has 2 aromatic rings. The summed E-state index contributed by atoms with van der Waals surface area (Å²) in [5.74, 6) is 0.664. The first-order valence-corrected chi connectivity index (χ1v) is 9.25. The SMILES string of the molecule is CC(C)(C)c1ccc(OCC(=O)Nc2ccc(NC(=O)C3CC3)cc2)cc1. The van der Waals surface area contributed by atoms with Gasteiger partial charge in [-0.05, 0) is 60.2 Å². The highest BCUT2D eigenvalue weighted by Crippen LogP contribution is 2.30. The highest BCUT2D eigenvalue weighted by Gasteiger charge is 2.29. The molecule has 0 aromatic heterocycles. The second-order valence-corrected chi connectivity index (χ2v) is 7.95. The molecule has 27 heavy (non-hydrogen) atoms. The number of rotatable bonds is 6. The van der Waals surface area contributed by atoms with Crippen LogP contribution in [0.25, 0.3) is 0 Å². The van der Waals surface area contributed by atoms with E-state index >= 15 is 0 Å². The molecular formula is C22H26N2O3. The van der Waals surface area contributed by atoms with Gasteiger partial charge in [0.1, 0.15) is 5.75 Å². The Kier molecular flexibility index (Phi) is 5.49. The summed E-state index contributed by atoms with van der Waals surface area (Å²) in [6, 6.07) is 14.9. The van der Waals surface area contributed by atoms with Crippen molar-refractivity contribution >= 4 is 23.2 Å². The van der Waals surface area contributed by atoms with Gasteiger partial charge in [0.15, 0.2) is 6.61 Å². The van der Waals surface area contributed by atoms with E-state index in [-0.39, 0.29) is 29.8 Å². The van der Waals surface area contributed by atoms with Crippen molar-refractivity contribution in [3.05, 3.63) is 54.1 Å². The van der Waals surface area contributed by atoms with Gasteiger partial charge in [0.05, 0.1) is 0 Å². The van der Waals surface area contributed by atoms with Gasteiger partial charge < -0.3 is 15.4 Å². The summed E-state index contributed by atoms with van der Waals surface area (Å²) in [6.45, 7) is 6.39. The Morgan fingerprint density at radius 1 is 0.926 bits per heavy atom. The number of amides is 2. The van der Waals surface area contributed by atoms with Gasteiger partial charge in [-0.15, -0.1) is 0 Å². The smallest absolute Gasteiger partial charge is 0.262 e. The fourth-order valence-corrected chi connectivity index (χ4v) is 2.62. The molecule has 0 spiro atoms. The Balaban J connectivity index is 1.46. The van der Waals surface area contributed by atoms with Crippen molar-refractivity contribution in [3.63, 3.8) is 0 Å². The van der Waals surface area contributed by atoms with Crippen LogP contribution >= 0.6 is 0 Å². The maximum absolute atomic E-state index is 12.1. The summed E-state index contributed by atoms with van der Waals surface area (Å²) in [4.78, 5) is 23.8. The van der Waals surface area contributed by atoms with E-state index in [1.54, 1.807) is 24.3 Å². The molecule has 0 heterocycles. The fraction of sp³-hybridized carbons (Fsp3) is 0.364. The topological polar surface area (TPSA) is 67.4 Å². The van der Waals surface area contributed by atoms with Crippen molar-refractivity contribution in [2.24, 2.45) is 5.92 Å². The van der Waals surface area contributed by atoms with Crippen LogP contribution in [0.3, 0.4) is 0 Å². The van der Waals surface area contributed by atoms with E-state index in [9.17, 15) is 9.59 Å². The Morgan fingerprint density at radius 2 is 1.48 bits per heavy atom. The number of carbonyl (C=O) groups is 2. The first kappa shape index (κ1) is 19.0. The lowest BCUT2D eigenvalue weighted by Gasteiger charge is -2.19. The highest BCUT2D eigenvalue weighted by atomic mass is 16.5. The molecular weight excluding hydrogens is 340 g/mol. The third-order valence-electron chi connectivity index (χ3n) is 4.47. The number of carbonyl (C=O) groups excluding carboxylic acids is 2. The first-order valence-electron chi connectivity index (χ1n) is 9.25. The molecule has 2 N–H and O–H groups in total. The van der Waals surface area contributed by atoms with Gasteiger partial charge in [-0.1, -0.05) is 32.9 Å². The molecule has 0 bridgehead atoms. The predicted molar refractivity (Wildman–Crippen MR) is 107 cm³/mol. The van der Waals surface area contributed by atoms with Crippen LogP contribution in [0.5, 0.6) is 5.75 Å². The van der Waals surface area contributed by atoms with Crippen molar-refractivity contribution < 1.29 is 14.3 Å². The number of hydrogen-bond acceptors (Lipinski definition) is 3. The van der Waals surface area contributed by atoms with Crippen LogP contribution in [0.1, 0.15) is 39.2 Å². The van der Waals surface area contributed by atoms with Gasteiger partial charge in [0.25, 0.3) is 5.91 Å². The minimum absolute atomic E-state index is 0.0605. The molecule has 1 aliphatic rings. The van der Waals surface area contributed by atoms with Gasteiger partial charge >= 0.3 is 0 Å². The Bertz CT molecular complexity index is 801. The molecule has 0 saturated heterocycles. The maximum Gasteiger partial charge on any atom is 0.262 e. The second kappa shape index (κ2) is 7.82. The van der Waals surface area contributed by atoms with Crippen LogP contribution in [0.4, 0.5) is 11.4 Å². The average Bonchev–Trinajstić information content (AvgIpc) is 3.46. The third kappa shape index (κ3) is 5.58. The Labute approximate surface area is 160 Å². The molecule has 142 valence electrons. The molecule has 1 fully saturated rings. The predicted octanol–water partition coefficient (Wildman–Crippen LogP) is 4.35. The van der Waals surface area contributed by atoms with Crippen LogP contribution < -0.4 is 15.4 Å². The van der Waals surface area contributed by atoms with Crippen molar-refractivity contribution in [2.45, 2.75) is 39.0 Å². The Morgan fingerprint density at radius 3 is 2.00 bits per heavy atom. The normalized spacial score (nSPS) is 13.7. The van der Waals surface area contributed by atoms with Gasteiger partial charge in [0, 0.05) is 17.3 Å². The minimum Gasteiger partial charge on any atom is -0.484 e. The molecule has 3 rings (SSSR count). The standard InChI is InChI=1S/C22H26N2O3/c1-22(2,3)16-6-12-19(13-7-16)27-14-20(25)23-17-8-10-18(11-9-17)24-21(26)15-4-5-15/h6-13,15H,4-5,14H2,1-3H3,(H,23,25)(H,24,26). The summed E-state index contributed by atoms with van der Waals surface area (Å²) in [5.41, 5.74) is 2.70. The lowest BCUT2D eigenvalue weighted by Crippen LogP contribution is -2.20. The number of ether oxygens (including phenoxy) is 1. The number of nitrogens with one attached hydrogen (secondary N) is 2. The zero-order chi connectivity index (χ0) is 19.4. The van der Waals surface area contributed by atoms with Gasteiger partial charge in [-0.2, -0.15) is 0 Å². The number of anilines is 2. The highest BCUT2D eigenvalue weighted by molar-refractivity contribution is 5.95. The first-order chi connectivity index (χ1) is 12.8. The molecule has 5 heteroatoms. The summed E-state index contributed by atoms with van der Waals surface area (Å²) in [7, 11) is 0. The van der Waals surface area contributed by atoms with Crippen molar-refractivity contribution in [1.29, 1.82) is 0 Å². The number of hydrogen-bond donors (Lipinski definition) is 2.